The van der Waals surface area contributed by atoms with E-state index in [0.29, 0.717) is 17.4 Å². The van der Waals surface area contributed by atoms with E-state index in [1.807, 2.05) is 24.3 Å². The summed E-state index contributed by atoms with van der Waals surface area (Å²) in [6.07, 6.45) is 3.02. The number of nitriles is 1. The van der Waals surface area contributed by atoms with Crippen LogP contribution >= 0.6 is 27.5 Å². The number of aromatic nitrogens is 2. The van der Waals surface area contributed by atoms with Gasteiger partial charge in [0, 0.05) is 28.4 Å². The van der Waals surface area contributed by atoms with Gasteiger partial charge in [0.25, 0.3) is 0 Å². The van der Waals surface area contributed by atoms with E-state index in [1.165, 1.54) is 12.4 Å². The summed E-state index contributed by atoms with van der Waals surface area (Å²) in [5.41, 5.74) is 1.19. The van der Waals surface area contributed by atoms with Crippen LogP contribution in [0.5, 0.6) is 0 Å². The second-order valence-corrected chi connectivity index (χ2v) is 4.78. The Kier molecular flexibility index (Phi) is 4.13. The van der Waals surface area contributed by atoms with E-state index in [1.54, 1.807) is 0 Å². The van der Waals surface area contributed by atoms with Crippen molar-refractivity contribution in [2.24, 2.45) is 0 Å². The Morgan fingerprint density at radius 3 is 2.83 bits per heavy atom. The molecule has 1 aromatic heterocycles. The normalized spacial score (nSPS) is 9.83. The highest BCUT2D eigenvalue weighted by Crippen LogP contribution is 2.22. The number of halogens is 2. The molecule has 0 atom stereocenters. The minimum Gasteiger partial charge on any atom is -0.364 e. The second kappa shape index (κ2) is 5.80. The quantitative estimate of drug-likeness (QED) is 0.940. The molecular weight excluding hydrogens is 316 g/mol. The van der Waals surface area contributed by atoms with Gasteiger partial charge in [-0.15, -0.1) is 0 Å². The minimum absolute atomic E-state index is 0.269. The standard InChI is InChI=1S/C12H8BrClN4/c13-9-2-1-8(10(14)5-9)7-18-12-11(6-15)16-3-4-17-12/h1-5H,7H2,(H,17,18). The Bertz CT molecular complexity index is 609. The number of anilines is 1. The van der Waals surface area contributed by atoms with Crippen LogP contribution in [0.2, 0.25) is 5.02 Å². The lowest BCUT2D eigenvalue weighted by Gasteiger charge is -2.08. The predicted octanol–water partition coefficient (Wildman–Crippen LogP) is 3.38. The van der Waals surface area contributed by atoms with Crippen molar-refractivity contribution < 1.29 is 0 Å². The van der Waals surface area contributed by atoms with Crippen molar-refractivity contribution in [3.05, 3.63) is 51.3 Å². The summed E-state index contributed by atoms with van der Waals surface area (Å²) in [7, 11) is 0. The fraction of sp³-hybridized carbons (Fsp3) is 0.0833. The molecule has 1 aromatic carbocycles. The zero-order valence-electron chi connectivity index (χ0n) is 9.19. The van der Waals surface area contributed by atoms with Crippen LogP contribution in [0.25, 0.3) is 0 Å². The largest absolute Gasteiger partial charge is 0.364 e. The van der Waals surface area contributed by atoms with Crippen molar-refractivity contribution in [3.8, 4) is 6.07 Å². The van der Waals surface area contributed by atoms with Gasteiger partial charge in [0.05, 0.1) is 0 Å². The smallest absolute Gasteiger partial charge is 0.182 e. The average Bonchev–Trinajstić information content (AvgIpc) is 2.38. The van der Waals surface area contributed by atoms with Gasteiger partial charge in [-0.05, 0) is 17.7 Å². The van der Waals surface area contributed by atoms with Gasteiger partial charge in [-0.25, -0.2) is 9.97 Å². The molecule has 0 aliphatic carbocycles. The van der Waals surface area contributed by atoms with Gasteiger partial charge in [-0.2, -0.15) is 5.26 Å². The van der Waals surface area contributed by atoms with Crippen LogP contribution in [-0.2, 0) is 6.54 Å². The third kappa shape index (κ3) is 2.97. The highest BCUT2D eigenvalue weighted by Gasteiger charge is 2.05. The number of benzene rings is 1. The number of rotatable bonds is 3. The Balaban J connectivity index is 2.14. The lowest BCUT2D eigenvalue weighted by molar-refractivity contribution is 1.07. The van der Waals surface area contributed by atoms with E-state index in [0.717, 1.165) is 10.0 Å². The first-order chi connectivity index (χ1) is 8.70. The molecule has 0 aliphatic rings. The van der Waals surface area contributed by atoms with Crippen molar-refractivity contribution in [1.82, 2.24) is 9.97 Å². The maximum atomic E-state index is 8.88. The molecule has 6 heteroatoms. The molecule has 0 aliphatic heterocycles. The zero-order chi connectivity index (χ0) is 13.0. The molecule has 0 amide bonds. The van der Waals surface area contributed by atoms with Gasteiger partial charge in [0.15, 0.2) is 11.5 Å². The molecule has 0 unspecified atom stereocenters. The highest BCUT2D eigenvalue weighted by atomic mass is 79.9. The number of hydrogen-bond donors (Lipinski definition) is 1. The van der Waals surface area contributed by atoms with Crippen molar-refractivity contribution in [2.45, 2.75) is 6.54 Å². The van der Waals surface area contributed by atoms with Crippen molar-refractivity contribution in [1.29, 1.82) is 5.26 Å². The van der Waals surface area contributed by atoms with Gasteiger partial charge >= 0.3 is 0 Å². The first-order valence-corrected chi connectivity index (χ1v) is 6.26. The lowest BCUT2D eigenvalue weighted by Crippen LogP contribution is -2.04. The Labute approximate surface area is 118 Å². The zero-order valence-corrected chi connectivity index (χ0v) is 11.5. The summed E-state index contributed by atoms with van der Waals surface area (Å²) in [5.74, 6) is 0.457. The van der Waals surface area contributed by atoms with E-state index < -0.39 is 0 Å². The third-order valence-corrected chi connectivity index (χ3v) is 3.11. The molecule has 1 N–H and O–H groups in total. The fourth-order valence-corrected chi connectivity index (χ4v) is 2.13. The minimum atomic E-state index is 0.269. The first-order valence-electron chi connectivity index (χ1n) is 5.09. The molecule has 0 fully saturated rings. The predicted molar refractivity (Wildman–Crippen MR) is 73.2 cm³/mol. The Hall–Kier alpha value is -1.64. The number of nitrogens with zero attached hydrogens (tertiary/aromatic N) is 3. The molecule has 2 aromatic rings. The summed E-state index contributed by atoms with van der Waals surface area (Å²) in [6, 6.07) is 7.61. The van der Waals surface area contributed by atoms with E-state index in [9.17, 15) is 0 Å². The number of nitrogens with one attached hydrogen (secondary N) is 1. The van der Waals surface area contributed by atoms with E-state index in [4.69, 9.17) is 16.9 Å². The summed E-state index contributed by atoms with van der Waals surface area (Å²) in [5, 5.41) is 12.6. The van der Waals surface area contributed by atoms with Crippen molar-refractivity contribution in [3.63, 3.8) is 0 Å². The maximum absolute atomic E-state index is 8.88. The molecule has 90 valence electrons. The molecule has 1 heterocycles. The van der Waals surface area contributed by atoms with Crippen LogP contribution in [0.15, 0.2) is 35.1 Å². The Morgan fingerprint density at radius 2 is 2.11 bits per heavy atom. The molecule has 0 bridgehead atoms. The van der Waals surface area contributed by atoms with E-state index in [2.05, 4.69) is 31.2 Å². The van der Waals surface area contributed by atoms with Gasteiger partial charge in [-0.3, -0.25) is 0 Å². The molecule has 18 heavy (non-hydrogen) atoms. The second-order valence-electron chi connectivity index (χ2n) is 3.45. The highest BCUT2D eigenvalue weighted by molar-refractivity contribution is 9.10. The molecule has 0 radical (unpaired) electrons. The van der Waals surface area contributed by atoms with Crippen LogP contribution in [0.3, 0.4) is 0 Å². The summed E-state index contributed by atoms with van der Waals surface area (Å²) in [6.45, 7) is 0.486. The summed E-state index contributed by atoms with van der Waals surface area (Å²) in [4.78, 5) is 7.98. The van der Waals surface area contributed by atoms with Gasteiger partial charge < -0.3 is 5.32 Å². The topological polar surface area (TPSA) is 61.6 Å². The number of hydrogen-bond acceptors (Lipinski definition) is 4. The van der Waals surface area contributed by atoms with Crippen LogP contribution in [0.4, 0.5) is 5.82 Å². The van der Waals surface area contributed by atoms with E-state index in [-0.39, 0.29) is 5.69 Å². The van der Waals surface area contributed by atoms with Crippen LogP contribution < -0.4 is 5.32 Å². The van der Waals surface area contributed by atoms with Gasteiger partial charge in [0.1, 0.15) is 6.07 Å². The molecular formula is C12H8BrClN4. The molecule has 0 saturated carbocycles. The first kappa shape index (κ1) is 12.8. The van der Waals surface area contributed by atoms with Crippen LogP contribution in [-0.4, -0.2) is 9.97 Å². The van der Waals surface area contributed by atoms with Gasteiger partial charge in [-0.1, -0.05) is 33.6 Å². The third-order valence-electron chi connectivity index (χ3n) is 2.27. The molecule has 0 spiro atoms. The maximum Gasteiger partial charge on any atom is 0.182 e. The molecule has 4 nitrogen and oxygen atoms in total. The molecule has 2 rings (SSSR count). The van der Waals surface area contributed by atoms with Crippen LogP contribution in [0.1, 0.15) is 11.3 Å². The average molecular weight is 324 g/mol. The van der Waals surface area contributed by atoms with Crippen LogP contribution in [0, 0.1) is 11.3 Å². The van der Waals surface area contributed by atoms with Gasteiger partial charge in [0.2, 0.25) is 0 Å². The summed E-state index contributed by atoms with van der Waals surface area (Å²) < 4.78 is 0.925. The van der Waals surface area contributed by atoms with Crippen molar-refractivity contribution in [2.75, 3.05) is 5.32 Å². The summed E-state index contributed by atoms with van der Waals surface area (Å²) >= 11 is 9.44. The Morgan fingerprint density at radius 1 is 1.33 bits per heavy atom. The lowest BCUT2D eigenvalue weighted by atomic mass is 10.2. The fourth-order valence-electron chi connectivity index (χ4n) is 1.39. The van der Waals surface area contributed by atoms with E-state index >= 15 is 0 Å². The molecule has 0 saturated heterocycles. The SMILES string of the molecule is N#Cc1nccnc1NCc1ccc(Br)cc1Cl. The monoisotopic (exact) mass is 322 g/mol. The van der Waals surface area contributed by atoms with Crippen molar-refractivity contribution >= 4 is 33.3 Å².